The lowest BCUT2D eigenvalue weighted by Gasteiger charge is -2.32. The minimum Gasteiger partial charge on any atom is -0.493 e. The van der Waals surface area contributed by atoms with Crippen LogP contribution in [0.2, 0.25) is 0 Å². The average molecular weight is 455 g/mol. The van der Waals surface area contributed by atoms with Crippen molar-refractivity contribution in [2.24, 2.45) is 0 Å². The average Bonchev–Trinajstić information content (AvgIpc) is 2.85. The van der Waals surface area contributed by atoms with Crippen molar-refractivity contribution in [2.45, 2.75) is 51.7 Å². The summed E-state index contributed by atoms with van der Waals surface area (Å²) >= 11 is 0. The molecule has 2 unspecified atom stereocenters. The Hall–Kier alpha value is -3.06. The van der Waals surface area contributed by atoms with Gasteiger partial charge >= 0.3 is 5.97 Å². The number of esters is 1. The van der Waals surface area contributed by atoms with Crippen LogP contribution in [0.5, 0.6) is 11.5 Å². The molecule has 0 spiro atoms. The van der Waals surface area contributed by atoms with Crippen LogP contribution in [-0.2, 0) is 33.7 Å². The van der Waals surface area contributed by atoms with E-state index < -0.39 is 12.1 Å². The molecule has 0 aliphatic carbocycles. The van der Waals surface area contributed by atoms with E-state index in [1.54, 1.807) is 28.1 Å². The summed E-state index contributed by atoms with van der Waals surface area (Å²) in [6.07, 6.45) is 2.01. The van der Waals surface area contributed by atoms with Gasteiger partial charge in [-0.3, -0.25) is 14.9 Å². The van der Waals surface area contributed by atoms with Crippen LogP contribution in [0.1, 0.15) is 37.0 Å². The number of nitrogens with zero attached hydrogens (tertiary/aromatic N) is 1. The Bertz CT molecular complexity index is 947. The number of benzene rings is 2. The largest absolute Gasteiger partial charge is 0.493 e. The molecule has 0 bridgehead atoms. The summed E-state index contributed by atoms with van der Waals surface area (Å²) in [4.78, 5) is 27.6. The van der Waals surface area contributed by atoms with Gasteiger partial charge in [-0.05, 0) is 61.9 Å². The first-order valence-electron chi connectivity index (χ1n) is 11.5. The molecule has 2 atom stereocenters. The Kier molecular flexibility index (Phi) is 8.72. The summed E-state index contributed by atoms with van der Waals surface area (Å²) < 4.78 is 16.1. The van der Waals surface area contributed by atoms with Crippen LogP contribution in [-0.4, -0.2) is 56.2 Å². The molecule has 7 heteroatoms. The predicted molar refractivity (Wildman–Crippen MR) is 126 cm³/mol. The molecule has 0 fully saturated rings. The fraction of sp³-hybridized carbons (Fsp3) is 0.462. The highest BCUT2D eigenvalue weighted by molar-refractivity contribution is 5.83. The molecule has 0 aromatic heterocycles. The van der Waals surface area contributed by atoms with Crippen molar-refractivity contribution in [3.8, 4) is 11.5 Å². The second-order valence-electron chi connectivity index (χ2n) is 8.20. The molecule has 1 aliphatic heterocycles. The number of aryl methyl sites for hydroxylation is 1. The minimum atomic E-state index is -0.550. The molecular weight excluding hydrogens is 420 g/mol. The van der Waals surface area contributed by atoms with Crippen molar-refractivity contribution in [1.82, 2.24) is 10.2 Å². The number of methoxy groups -OCH3 is 2. The van der Waals surface area contributed by atoms with E-state index in [0.29, 0.717) is 37.6 Å². The Labute approximate surface area is 196 Å². The van der Waals surface area contributed by atoms with Crippen LogP contribution in [0.15, 0.2) is 42.5 Å². The molecule has 7 nitrogen and oxygen atoms in total. The zero-order valence-corrected chi connectivity index (χ0v) is 19.9. The summed E-state index contributed by atoms with van der Waals surface area (Å²) in [6, 6.07) is 12.8. The molecule has 0 radical (unpaired) electrons. The summed E-state index contributed by atoms with van der Waals surface area (Å²) in [5.41, 5.74) is 3.35. The Balaban J connectivity index is 1.66. The third kappa shape index (κ3) is 6.26. The molecule has 178 valence electrons. The zero-order chi connectivity index (χ0) is 23.8. The number of hydrogen-bond donors (Lipinski definition) is 1. The maximum atomic E-state index is 13.2. The van der Waals surface area contributed by atoms with Gasteiger partial charge in [0.25, 0.3) is 0 Å². The van der Waals surface area contributed by atoms with Gasteiger partial charge in [0.05, 0.1) is 26.9 Å². The summed E-state index contributed by atoms with van der Waals surface area (Å²) in [7, 11) is 3.22. The van der Waals surface area contributed by atoms with Gasteiger partial charge in [0.15, 0.2) is 11.5 Å². The monoisotopic (exact) mass is 454 g/mol. The second-order valence-corrected chi connectivity index (χ2v) is 8.20. The lowest BCUT2D eigenvalue weighted by molar-refractivity contribution is -0.146. The first kappa shape index (κ1) is 24.6. The number of amides is 1. The van der Waals surface area contributed by atoms with E-state index in [9.17, 15) is 9.59 Å². The highest BCUT2D eigenvalue weighted by Crippen LogP contribution is 2.33. The van der Waals surface area contributed by atoms with Crippen LogP contribution in [0.25, 0.3) is 0 Å². The molecule has 2 aromatic carbocycles. The maximum Gasteiger partial charge on any atom is 0.323 e. The standard InChI is InChI=1S/C26H34N2O5/c1-5-33-26(30)22(12-11-19-9-7-6-8-10-19)27-18(2)25(29)28-14-13-20-15-23(31-3)24(32-4)16-21(20)17-28/h6-10,15-16,18,22,27H,5,11-14,17H2,1-4H3. The number of rotatable bonds is 10. The SMILES string of the molecule is CCOC(=O)C(CCc1ccccc1)NC(C)C(=O)N1CCc2cc(OC)c(OC)cc2C1. The fourth-order valence-electron chi connectivity index (χ4n) is 4.19. The molecule has 0 saturated carbocycles. The molecule has 1 aliphatic rings. The fourth-order valence-corrected chi connectivity index (χ4v) is 4.19. The molecule has 0 saturated heterocycles. The van der Waals surface area contributed by atoms with Gasteiger partial charge in [-0.1, -0.05) is 30.3 Å². The molecule has 2 aromatic rings. The molecular formula is C26H34N2O5. The van der Waals surface area contributed by atoms with E-state index in [2.05, 4.69) is 5.32 Å². The van der Waals surface area contributed by atoms with Gasteiger partial charge in [0.2, 0.25) is 5.91 Å². The van der Waals surface area contributed by atoms with E-state index in [0.717, 1.165) is 29.5 Å². The van der Waals surface area contributed by atoms with Gasteiger partial charge in [0.1, 0.15) is 6.04 Å². The quantitative estimate of drug-likeness (QED) is 0.556. The number of ether oxygens (including phenoxy) is 3. The van der Waals surface area contributed by atoms with Gasteiger partial charge in [-0.15, -0.1) is 0 Å². The Morgan fingerprint density at radius 3 is 2.36 bits per heavy atom. The summed E-state index contributed by atoms with van der Waals surface area (Å²) in [5, 5.41) is 3.22. The van der Waals surface area contributed by atoms with Crippen molar-refractivity contribution in [3.63, 3.8) is 0 Å². The number of fused-ring (bicyclic) bond motifs is 1. The molecule has 33 heavy (non-hydrogen) atoms. The van der Waals surface area contributed by atoms with Crippen molar-refractivity contribution in [3.05, 3.63) is 59.2 Å². The molecule has 1 amide bonds. The van der Waals surface area contributed by atoms with Crippen molar-refractivity contribution < 1.29 is 23.8 Å². The minimum absolute atomic E-state index is 0.0376. The van der Waals surface area contributed by atoms with Crippen LogP contribution in [0.3, 0.4) is 0 Å². The lowest BCUT2D eigenvalue weighted by Crippen LogP contribution is -2.52. The molecule has 1 heterocycles. The number of nitrogens with one attached hydrogen (secondary N) is 1. The molecule has 3 rings (SSSR count). The summed E-state index contributed by atoms with van der Waals surface area (Å²) in [6.45, 7) is 5.01. The van der Waals surface area contributed by atoms with Crippen molar-refractivity contribution in [1.29, 1.82) is 0 Å². The number of carbonyl (C=O) groups is 2. The Morgan fingerprint density at radius 1 is 1.06 bits per heavy atom. The first-order chi connectivity index (χ1) is 16.0. The van der Waals surface area contributed by atoms with E-state index in [1.165, 1.54) is 0 Å². The molecule has 1 N–H and O–H groups in total. The lowest BCUT2D eigenvalue weighted by atomic mass is 9.98. The normalized spacial score (nSPS) is 14.7. The Morgan fingerprint density at radius 2 is 1.73 bits per heavy atom. The van der Waals surface area contributed by atoms with E-state index >= 15 is 0 Å². The third-order valence-electron chi connectivity index (χ3n) is 5.99. The van der Waals surface area contributed by atoms with Crippen molar-refractivity contribution in [2.75, 3.05) is 27.4 Å². The second kappa shape index (κ2) is 11.7. The van der Waals surface area contributed by atoms with E-state index in [4.69, 9.17) is 14.2 Å². The third-order valence-corrected chi connectivity index (χ3v) is 5.99. The highest BCUT2D eigenvalue weighted by atomic mass is 16.5. The predicted octanol–water partition coefficient (Wildman–Crippen LogP) is 3.13. The van der Waals surface area contributed by atoms with Crippen LogP contribution < -0.4 is 14.8 Å². The topological polar surface area (TPSA) is 77.1 Å². The smallest absolute Gasteiger partial charge is 0.323 e. The van der Waals surface area contributed by atoms with Crippen LogP contribution >= 0.6 is 0 Å². The van der Waals surface area contributed by atoms with E-state index in [1.807, 2.05) is 47.4 Å². The van der Waals surface area contributed by atoms with Gasteiger partial charge in [0, 0.05) is 13.1 Å². The first-order valence-corrected chi connectivity index (χ1v) is 11.5. The van der Waals surface area contributed by atoms with Crippen LogP contribution in [0, 0.1) is 0 Å². The van der Waals surface area contributed by atoms with Gasteiger partial charge in [-0.2, -0.15) is 0 Å². The van der Waals surface area contributed by atoms with Crippen molar-refractivity contribution >= 4 is 11.9 Å². The maximum absolute atomic E-state index is 13.2. The number of hydrogen-bond acceptors (Lipinski definition) is 6. The number of carbonyl (C=O) groups excluding carboxylic acids is 2. The van der Waals surface area contributed by atoms with E-state index in [-0.39, 0.29) is 11.9 Å². The summed E-state index contributed by atoms with van der Waals surface area (Å²) in [5.74, 6) is 0.986. The zero-order valence-electron chi connectivity index (χ0n) is 19.9. The van der Waals surface area contributed by atoms with Crippen LogP contribution in [0.4, 0.5) is 0 Å². The highest BCUT2D eigenvalue weighted by Gasteiger charge is 2.29. The van der Waals surface area contributed by atoms with Gasteiger partial charge in [-0.25, -0.2) is 0 Å². The van der Waals surface area contributed by atoms with Gasteiger partial charge < -0.3 is 19.1 Å².